The van der Waals surface area contributed by atoms with E-state index in [-0.39, 0.29) is 0 Å². The first-order chi connectivity index (χ1) is 8.19. The van der Waals surface area contributed by atoms with Crippen molar-refractivity contribution in [2.75, 3.05) is 40.3 Å². The van der Waals surface area contributed by atoms with Crippen LogP contribution in [0.5, 0.6) is 0 Å². The third-order valence-electron chi connectivity index (χ3n) is 3.51. The summed E-state index contributed by atoms with van der Waals surface area (Å²) >= 11 is 0. The predicted molar refractivity (Wildman–Crippen MR) is 71.1 cm³/mol. The lowest BCUT2D eigenvalue weighted by atomic mass is 10.1. The summed E-state index contributed by atoms with van der Waals surface area (Å²) in [6.07, 6.45) is 3.78. The van der Waals surface area contributed by atoms with E-state index in [1.54, 1.807) is 0 Å². The highest BCUT2D eigenvalue weighted by Gasteiger charge is 2.25. The normalized spacial score (nSPS) is 22.5. The van der Waals surface area contributed by atoms with E-state index in [9.17, 15) is 4.79 Å². The number of hydrogen-bond donors (Lipinski definition) is 1. The Labute approximate surface area is 105 Å². The van der Waals surface area contributed by atoms with Gasteiger partial charge in [0.1, 0.15) is 0 Å². The maximum atomic E-state index is 12.2. The number of carbonyl (C=O) groups is 1. The first-order valence-corrected chi connectivity index (χ1v) is 6.81. The van der Waals surface area contributed by atoms with E-state index in [4.69, 9.17) is 0 Å². The summed E-state index contributed by atoms with van der Waals surface area (Å²) in [5.74, 6) is 0.336. The average molecular weight is 241 g/mol. The number of hydrogen-bond acceptors (Lipinski definition) is 3. The standard InChI is InChI=1S/C13H27N3O/c1-4-12-11-15(3)9-6-10-16(12)13(17)7-5-8-14-2/h12,14H,4-11H2,1-3H3. The van der Waals surface area contributed by atoms with Crippen LogP contribution in [0.4, 0.5) is 0 Å². The average Bonchev–Trinajstić information content (AvgIpc) is 2.50. The summed E-state index contributed by atoms with van der Waals surface area (Å²) in [6, 6.07) is 0.407. The molecule has 1 unspecified atom stereocenters. The number of likely N-dealkylation sites (N-methyl/N-ethyl adjacent to an activating group) is 1. The zero-order valence-electron chi connectivity index (χ0n) is 11.5. The topological polar surface area (TPSA) is 35.6 Å². The van der Waals surface area contributed by atoms with E-state index in [1.165, 1.54) is 0 Å². The van der Waals surface area contributed by atoms with Crippen molar-refractivity contribution in [1.29, 1.82) is 0 Å². The molecule has 4 nitrogen and oxygen atoms in total. The van der Waals surface area contributed by atoms with Crippen molar-refractivity contribution in [3.8, 4) is 0 Å². The van der Waals surface area contributed by atoms with Crippen molar-refractivity contribution in [2.45, 2.75) is 38.6 Å². The van der Waals surface area contributed by atoms with Gasteiger partial charge in [-0.25, -0.2) is 0 Å². The maximum absolute atomic E-state index is 12.2. The smallest absolute Gasteiger partial charge is 0.222 e. The lowest BCUT2D eigenvalue weighted by Crippen LogP contribution is -2.43. The van der Waals surface area contributed by atoms with Gasteiger partial charge in [0.15, 0.2) is 0 Å². The van der Waals surface area contributed by atoms with Crippen LogP contribution < -0.4 is 5.32 Å². The van der Waals surface area contributed by atoms with Crippen LogP contribution >= 0.6 is 0 Å². The second kappa shape index (κ2) is 7.67. The van der Waals surface area contributed by atoms with E-state index in [2.05, 4.69) is 29.1 Å². The number of rotatable bonds is 5. The summed E-state index contributed by atoms with van der Waals surface area (Å²) in [6.45, 7) is 6.17. The molecule has 1 heterocycles. The molecule has 1 saturated heterocycles. The zero-order valence-corrected chi connectivity index (χ0v) is 11.5. The van der Waals surface area contributed by atoms with Gasteiger partial charge in [-0.15, -0.1) is 0 Å². The summed E-state index contributed by atoms with van der Waals surface area (Å²) in [5, 5.41) is 3.09. The highest BCUT2D eigenvalue weighted by Crippen LogP contribution is 2.13. The number of nitrogens with zero attached hydrogens (tertiary/aromatic N) is 2. The largest absolute Gasteiger partial charge is 0.338 e. The van der Waals surface area contributed by atoms with Crippen molar-refractivity contribution in [2.24, 2.45) is 0 Å². The van der Waals surface area contributed by atoms with Gasteiger partial charge in [-0.1, -0.05) is 6.92 Å². The Morgan fingerprint density at radius 3 is 2.82 bits per heavy atom. The SMILES string of the molecule is CCC1CN(C)CCCN1C(=O)CCCNC. The Kier molecular flexibility index (Phi) is 6.52. The highest BCUT2D eigenvalue weighted by atomic mass is 16.2. The molecule has 0 aromatic rings. The molecule has 1 N–H and O–H groups in total. The van der Waals surface area contributed by atoms with Gasteiger partial charge in [-0.3, -0.25) is 4.79 Å². The third kappa shape index (κ3) is 4.64. The second-order valence-electron chi connectivity index (χ2n) is 4.97. The van der Waals surface area contributed by atoms with Crippen LogP contribution in [0, 0.1) is 0 Å². The molecule has 0 spiro atoms. The molecule has 0 saturated carbocycles. The summed E-state index contributed by atoms with van der Waals surface area (Å²) < 4.78 is 0. The molecule has 100 valence electrons. The Hall–Kier alpha value is -0.610. The van der Waals surface area contributed by atoms with Crippen molar-refractivity contribution in [3.63, 3.8) is 0 Å². The highest BCUT2D eigenvalue weighted by molar-refractivity contribution is 5.76. The minimum Gasteiger partial charge on any atom is -0.338 e. The Morgan fingerprint density at radius 2 is 2.18 bits per heavy atom. The first-order valence-electron chi connectivity index (χ1n) is 6.81. The van der Waals surface area contributed by atoms with Crippen LogP contribution in [0.1, 0.15) is 32.6 Å². The van der Waals surface area contributed by atoms with Gasteiger partial charge in [-0.05, 0) is 46.4 Å². The molecule has 1 fully saturated rings. The Balaban J connectivity index is 2.49. The molecule has 0 radical (unpaired) electrons. The molecule has 4 heteroatoms. The Bertz CT molecular complexity index is 233. The van der Waals surface area contributed by atoms with E-state index < -0.39 is 0 Å². The van der Waals surface area contributed by atoms with Gasteiger partial charge in [0.05, 0.1) is 0 Å². The van der Waals surface area contributed by atoms with Crippen molar-refractivity contribution >= 4 is 5.91 Å². The molecule has 0 aliphatic carbocycles. The van der Waals surface area contributed by atoms with Gasteiger partial charge in [0.25, 0.3) is 0 Å². The molecule has 1 aliphatic rings. The fraction of sp³-hybridized carbons (Fsp3) is 0.923. The van der Waals surface area contributed by atoms with Crippen LogP contribution in [-0.2, 0) is 4.79 Å². The Morgan fingerprint density at radius 1 is 1.41 bits per heavy atom. The molecule has 0 aromatic carbocycles. The van der Waals surface area contributed by atoms with Crippen molar-refractivity contribution < 1.29 is 4.79 Å². The van der Waals surface area contributed by atoms with Crippen LogP contribution in [0.2, 0.25) is 0 Å². The number of carbonyl (C=O) groups excluding carboxylic acids is 1. The number of nitrogens with one attached hydrogen (secondary N) is 1. The van der Waals surface area contributed by atoms with Gasteiger partial charge in [0.2, 0.25) is 5.91 Å². The fourth-order valence-corrected chi connectivity index (χ4v) is 2.48. The van der Waals surface area contributed by atoms with E-state index in [1.807, 2.05) is 7.05 Å². The van der Waals surface area contributed by atoms with Gasteiger partial charge >= 0.3 is 0 Å². The van der Waals surface area contributed by atoms with Crippen LogP contribution in [-0.4, -0.2) is 62.0 Å². The quantitative estimate of drug-likeness (QED) is 0.727. The van der Waals surface area contributed by atoms with E-state index in [0.717, 1.165) is 45.4 Å². The lowest BCUT2D eigenvalue weighted by molar-refractivity contribution is -0.133. The van der Waals surface area contributed by atoms with Crippen LogP contribution in [0.25, 0.3) is 0 Å². The second-order valence-corrected chi connectivity index (χ2v) is 4.97. The molecule has 1 atom stereocenters. The molecule has 17 heavy (non-hydrogen) atoms. The van der Waals surface area contributed by atoms with Crippen LogP contribution in [0.3, 0.4) is 0 Å². The van der Waals surface area contributed by atoms with Crippen molar-refractivity contribution in [1.82, 2.24) is 15.1 Å². The lowest BCUT2D eigenvalue weighted by Gasteiger charge is -2.30. The van der Waals surface area contributed by atoms with E-state index in [0.29, 0.717) is 18.4 Å². The molecule has 1 aliphatic heterocycles. The first kappa shape index (κ1) is 14.5. The van der Waals surface area contributed by atoms with Crippen LogP contribution in [0.15, 0.2) is 0 Å². The zero-order chi connectivity index (χ0) is 12.7. The molecule has 0 aromatic heterocycles. The summed E-state index contributed by atoms with van der Waals surface area (Å²) in [7, 11) is 4.08. The molecular formula is C13H27N3O. The minimum absolute atomic E-state index is 0.336. The molecule has 1 rings (SSSR count). The van der Waals surface area contributed by atoms with Gasteiger partial charge < -0.3 is 15.1 Å². The number of amides is 1. The summed E-state index contributed by atoms with van der Waals surface area (Å²) in [4.78, 5) is 16.6. The fourth-order valence-electron chi connectivity index (χ4n) is 2.48. The molecule has 0 bridgehead atoms. The maximum Gasteiger partial charge on any atom is 0.222 e. The monoisotopic (exact) mass is 241 g/mol. The predicted octanol–water partition coefficient (Wildman–Crippen LogP) is 0.929. The molecular weight excluding hydrogens is 214 g/mol. The third-order valence-corrected chi connectivity index (χ3v) is 3.51. The molecule has 1 amide bonds. The summed E-state index contributed by atoms with van der Waals surface area (Å²) in [5.41, 5.74) is 0. The van der Waals surface area contributed by atoms with E-state index >= 15 is 0 Å². The van der Waals surface area contributed by atoms with Gasteiger partial charge in [0, 0.05) is 25.6 Å². The minimum atomic E-state index is 0.336. The van der Waals surface area contributed by atoms with Gasteiger partial charge in [-0.2, -0.15) is 0 Å². The van der Waals surface area contributed by atoms with Crippen molar-refractivity contribution in [3.05, 3.63) is 0 Å².